The Labute approximate surface area is 106 Å². The number of nitrogens with zero attached hydrogens (tertiary/aromatic N) is 2. The first-order valence-electron chi connectivity index (χ1n) is 5.96. The Morgan fingerprint density at radius 2 is 1.83 bits per heavy atom. The van der Waals surface area contributed by atoms with Crippen LogP contribution in [0.5, 0.6) is 0 Å². The topological polar surface area (TPSA) is 66.6 Å². The number of urea groups is 1. The molecular formula is C13H17N3O2. The van der Waals surface area contributed by atoms with Crippen LogP contribution in [-0.2, 0) is 4.79 Å². The van der Waals surface area contributed by atoms with Crippen molar-refractivity contribution in [2.24, 2.45) is 5.92 Å². The van der Waals surface area contributed by atoms with Crippen molar-refractivity contribution in [3.63, 3.8) is 0 Å². The number of nitrogens with two attached hydrogens (primary N) is 1. The molecule has 5 heteroatoms. The lowest BCUT2D eigenvalue weighted by atomic mass is 10.2. The summed E-state index contributed by atoms with van der Waals surface area (Å²) in [4.78, 5) is 26.8. The van der Waals surface area contributed by atoms with Gasteiger partial charge in [-0.3, -0.25) is 4.79 Å². The van der Waals surface area contributed by atoms with Gasteiger partial charge in [0.2, 0.25) is 0 Å². The zero-order valence-electron chi connectivity index (χ0n) is 10.6. The average molecular weight is 247 g/mol. The monoisotopic (exact) mass is 247 g/mol. The molecule has 0 aliphatic carbocycles. The zero-order valence-corrected chi connectivity index (χ0v) is 10.6. The zero-order chi connectivity index (χ0) is 13.3. The Bertz CT molecular complexity index is 468. The molecule has 0 atom stereocenters. The molecule has 0 unspecified atom stereocenters. The highest BCUT2D eigenvalue weighted by Crippen LogP contribution is 2.22. The lowest BCUT2D eigenvalue weighted by Crippen LogP contribution is -2.34. The molecule has 96 valence electrons. The second kappa shape index (κ2) is 4.68. The predicted octanol–water partition coefficient (Wildman–Crippen LogP) is 1.69. The van der Waals surface area contributed by atoms with Crippen LogP contribution in [0.2, 0.25) is 0 Å². The highest BCUT2D eigenvalue weighted by Gasteiger charge is 2.36. The molecule has 1 aromatic rings. The lowest BCUT2D eigenvalue weighted by molar-refractivity contribution is -0.116. The fourth-order valence-corrected chi connectivity index (χ4v) is 2.01. The summed E-state index contributed by atoms with van der Waals surface area (Å²) in [5.74, 6) is 0.151. The SMILES string of the molecule is CC(C)CN1CC(=O)N(c2ccc(N)cc2)C1=O. The molecule has 0 saturated carbocycles. The number of hydrogen-bond donors (Lipinski definition) is 1. The van der Waals surface area contributed by atoms with Crippen LogP contribution in [0.3, 0.4) is 0 Å². The molecule has 1 aliphatic heterocycles. The third kappa shape index (κ3) is 2.30. The molecule has 0 aromatic heterocycles. The van der Waals surface area contributed by atoms with Gasteiger partial charge in [0.1, 0.15) is 6.54 Å². The van der Waals surface area contributed by atoms with Gasteiger partial charge in [-0.15, -0.1) is 0 Å². The van der Waals surface area contributed by atoms with E-state index in [4.69, 9.17) is 5.73 Å². The van der Waals surface area contributed by atoms with E-state index in [0.29, 0.717) is 23.8 Å². The number of benzene rings is 1. The largest absolute Gasteiger partial charge is 0.399 e. The average Bonchev–Trinajstić information content (AvgIpc) is 2.55. The van der Waals surface area contributed by atoms with Crippen molar-refractivity contribution in [2.75, 3.05) is 23.7 Å². The van der Waals surface area contributed by atoms with E-state index < -0.39 is 0 Å². The number of rotatable bonds is 3. The van der Waals surface area contributed by atoms with Crippen LogP contribution in [0.25, 0.3) is 0 Å². The molecule has 1 saturated heterocycles. The van der Waals surface area contributed by atoms with Gasteiger partial charge in [-0.2, -0.15) is 0 Å². The van der Waals surface area contributed by atoms with Crippen LogP contribution in [0.4, 0.5) is 16.2 Å². The number of nitrogen functional groups attached to an aromatic ring is 1. The first kappa shape index (κ1) is 12.4. The van der Waals surface area contributed by atoms with Crippen molar-refractivity contribution in [1.29, 1.82) is 0 Å². The second-order valence-electron chi connectivity index (χ2n) is 4.88. The minimum absolute atomic E-state index is 0.154. The van der Waals surface area contributed by atoms with Crippen LogP contribution in [0.1, 0.15) is 13.8 Å². The van der Waals surface area contributed by atoms with E-state index in [-0.39, 0.29) is 18.5 Å². The highest BCUT2D eigenvalue weighted by atomic mass is 16.2. The minimum atomic E-state index is -0.251. The maximum Gasteiger partial charge on any atom is 0.331 e. The first-order chi connectivity index (χ1) is 8.49. The fourth-order valence-electron chi connectivity index (χ4n) is 2.01. The Kier molecular flexibility index (Phi) is 3.23. The van der Waals surface area contributed by atoms with Crippen LogP contribution >= 0.6 is 0 Å². The molecule has 0 radical (unpaired) electrons. The molecule has 2 N–H and O–H groups in total. The van der Waals surface area contributed by atoms with Crippen molar-refractivity contribution >= 4 is 23.3 Å². The summed E-state index contributed by atoms with van der Waals surface area (Å²) in [6, 6.07) is 6.48. The van der Waals surface area contributed by atoms with Crippen LogP contribution in [-0.4, -0.2) is 29.9 Å². The van der Waals surface area contributed by atoms with Crippen molar-refractivity contribution in [2.45, 2.75) is 13.8 Å². The number of imide groups is 1. The third-order valence-electron chi connectivity index (χ3n) is 2.77. The van der Waals surface area contributed by atoms with Gasteiger partial charge in [-0.25, -0.2) is 9.69 Å². The summed E-state index contributed by atoms with van der Waals surface area (Å²) in [6.07, 6.45) is 0. The Morgan fingerprint density at radius 1 is 1.22 bits per heavy atom. The van der Waals surface area contributed by atoms with Crippen molar-refractivity contribution in [3.05, 3.63) is 24.3 Å². The van der Waals surface area contributed by atoms with Crippen LogP contribution in [0.15, 0.2) is 24.3 Å². The van der Waals surface area contributed by atoms with E-state index in [1.165, 1.54) is 4.90 Å². The third-order valence-corrected chi connectivity index (χ3v) is 2.77. The molecule has 1 aromatic carbocycles. The lowest BCUT2D eigenvalue weighted by Gasteiger charge is -2.18. The van der Waals surface area contributed by atoms with E-state index >= 15 is 0 Å². The molecule has 1 fully saturated rings. The molecule has 0 spiro atoms. The molecule has 1 heterocycles. The smallest absolute Gasteiger partial charge is 0.331 e. The number of amides is 3. The molecule has 18 heavy (non-hydrogen) atoms. The summed E-state index contributed by atoms with van der Waals surface area (Å²) < 4.78 is 0. The Balaban J connectivity index is 2.21. The van der Waals surface area contributed by atoms with Gasteiger partial charge in [0.15, 0.2) is 0 Å². The molecule has 0 bridgehead atoms. The van der Waals surface area contributed by atoms with Crippen molar-refractivity contribution in [3.8, 4) is 0 Å². The Morgan fingerprint density at radius 3 is 2.39 bits per heavy atom. The second-order valence-corrected chi connectivity index (χ2v) is 4.88. The van der Waals surface area contributed by atoms with Crippen molar-refractivity contribution < 1.29 is 9.59 Å². The summed E-state index contributed by atoms with van der Waals surface area (Å²) in [7, 11) is 0. The van der Waals surface area contributed by atoms with Gasteiger partial charge in [0.25, 0.3) is 5.91 Å². The number of carbonyl (C=O) groups is 2. The quantitative estimate of drug-likeness (QED) is 0.653. The number of carbonyl (C=O) groups excluding carboxylic acids is 2. The van der Waals surface area contributed by atoms with Gasteiger partial charge in [0, 0.05) is 12.2 Å². The molecule has 1 aliphatic rings. The highest BCUT2D eigenvalue weighted by molar-refractivity contribution is 6.19. The van der Waals surface area contributed by atoms with Gasteiger partial charge in [0.05, 0.1) is 5.69 Å². The van der Waals surface area contributed by atoms with Crippen LogP contribution < -0.4 is 10.6 Å². The number of hydrogen-bond acceptors (Lipinski definition) is 3. The van der Waals surface area contributed by atoms with Gasteiger partial charge < -0.3 is 10.6 Å². The molecular weight excluding hydrogens is 230 g/mol. The summed E-state index contributed by atoms with van der Waals surface area (Å²) in [5.41, 5.74) is 6.77. The van der Waals surface area contributed by atoms with Crippen LogP contribution in [0, 0.1) is 5.92 Å². The summed E-state index contributed by atoms with van der Waals surface area (Å²) in [5, 5.41) is 0. The van der Waals surface area contributed by atoms with E-state index in [1.54, 1.807) is 29.2 Å². The fraction of sp³-hybridized carbons (Fsp3) is 0.385. The summed E-state index contributed by atoms with van der Waals surface area (Å²) in [6.45, 7) is 4.78. The number of anilines is 2. The van der Waals surface area contributed by atoms with E-state index in [1.807, 2.05) is 13.8 Å². The normalized spacial score (nSPS) is 15.9. The van der Waals surface area contributed by atoms with Crippen molar-refractivity contribution in [1.82, 2.24) is 4.90 Å². The van der Waals surface area contributed by atoms with Gasteiger partial charge in [-0.05, 0) is 30.2 Å². The maximum atomic E-state index is 12.1. The van der Waals surface area contributed by atoms with Gasteiger partial charge in [-0.1, -0.05) is 13.8 Å². The minimum Gasteiger partial charge on any atom is -0.399 e. The Hall–Kier alpha value is -2.04. The molecule has 5 nitrogen and oxygen atoms in total. The van der Waals surface area contributed by atoms with Gasteiger partial charge >= 0.3 is 6.03 Å². The molecule has 2 rings (SSSR count). The predicted molar refractivity (Wildman–Crippen MR) is 70.1 cm³/mol. The van der Waals surface area contributed by atoms with E-state index in [0.717, 1.165) is 0 Å². The van der Waals surface area contributed by atoms with E-state index in [2.05, 4.69) is 0 Å². The summed E-state index contributed by atoms with van der Waals surface area (Å²) >= 11 is 0. The van der Waals surface area contributed by atoms with E-state index in [9.17, 15) is 9.59 Å². The standard InChI is InChI=1S/C13H17N3O2/c1-9(2)7-15-8-12(17)16(13(15)18)11-5-3-10(14)4-6-11/h3-6,9H,7-8,14H2,1-2H3. The maximum absolute atomic E-state index is 12.1. The first-order valence-corrected chi connectivity index (χ1v) is 5.96. The molecule has 3 amide bonds.